The normalized spacial score (nSPS) is 15.0. The number of nitrogens with zero attached hydrogens (tertiary/aromatic N) is 5. The van der Waals surface area contributed by atoms with Gasteiger partial charge in [-0.25, -0.2) is 32.9 Å². The smallest absolute Gasteiger partial charge is 0.335 e. The van der Waals surface area contributed by atoms with E-state index in [-0.39, 0.29) is 52.8 Å². The van der Waals surface area contributed by atoms with Crippen LogP contribution in [0.2, 0.25) is 0 Å². The van der Waals surface area contributed by atoms with Gasteiger partial charge in [0.05, 0.1) is 40.8 Å². The van der Waals surface area contributed by atoms with Crippen molar-refractivity contribution in [2.24, 2.45) is 10.8 Å². The van der Waals surface area contributed by atoms with Crippen LogP contribution in [-0.4, -0.2) is 65.2 Å². The van der Waals surface area contributed by atoms with Crippen LogP contribution in [0.4, 0.5) is 11.6 Å². The van der Waals surface area contributed by atoms with Crippen molar-refractivity contribution in [3.05, 3.63) is 83.4 Å². The van der Waals surface area contributed by atoms with Gasteiger partial charge in [0, 0.05) is 30.8 Å². The molecule has 1 aliphatic rings. The van der Waals surface area contributed by atoms with Gasteiger partial charge in [-0.1, -0.05) is 58.9 Å². The summed E-state index contributed by atoms with van der Waals surface area (Å²) in [5, 5.41) is 13.0. The summed E-state index contributed by atoms with van der Waals surface area (Å²) in [6, 6.07) is 12.5. The second kappa shape index (κ2) is 16.6. The third-order valence-electron chi connectivity index (χ3n) is 9.07. The van der Waals surface area contributed by atoms with Crippen molar-refractivity contribution in [2.75, 3.05) is 29.3 Å². The number of carboxylic acid groups (broad SMARTS) is 1. The third-order valence-corrected chi connectivity index (χ3v) is 10.4. The SMILES string of the molecule is Cc1cccc(C)c1-c1cc(OC[C@@H](CC(C)(C)C)NCc2ncc(N3CCC(C)(C)CC3)cn2)nc(NS(=O)(=O)c2cccc(C(=O)O)c2)n1.Cl. The summed E-state index contributed by atoms with van der Waals surface area (Å²) in [6.07, 6.45) is 6.83. The summed E-state index contributed by atoms with van der Waals surface area (Å²) in [4.78, 5) is 31.9. The predicted molar refractivity (Wildman–Crippen MR) is 206 cm³/mol. The first-order valence-electron chi connectivity index (χ1n) is 17.2. The zero-order valence-corrected chi connectivity index (χ0v) is 32.6. The lowest BCUT2D eigenvalue weighted by Crippen LogP contribution is -2.38. The van der Waals surface area contributed by atoms with Gasteiger partial charge in [0.2, 0.25) is 11.8 Å². The Labute approximate surface area is 313 Å². The quantitative estimate of drug-likeness (QED) is 0.128. The standard InChI is InChI=1S/C38H49N7O5S.ClH/c1-25-10-8-11-26(2)34(25)31-19-33(43-36(42-31)44-51(48,49)30-13-9-12-27(18-30)35(46)47)50-24-28(20-37(3,4)5)39-23-32-40-21-29(22-41-32)45-16-14-38(6,7)15-17-45;/h8-13,18-19,21-22,28,39H,14-17,20,23-24H2,1-7H3,(H,46,47)(H,42,43,44);1H/t28-;/m1./s1. The van der Waals surface area contributed by atoms with E-state index in [1.807, 2.05) is 44.4 Å². The molecule has 0 aliphatic carbocycles. The maximum atomic E-state index is 13.4. The van der Waals surface area contributed by atoms with Gasteiger partial charge in [-0.2, -0.15) is 4.98 Å². The molecule has 12 nitrogen and oxygen atoms in total. The van der Waals surface area contributed by atoms with Crippen LogP contribution in [-0.2, 0) is 16.6 Å². The molecular formula is C38H50ClN7O5S. The Balaban J connectivity index is 0.00000605. The van der Waals surface area contributed by atoms with Crippen LogP contribution in [0.25, 0.3) is 11.3 Å². The number of hydrogen-bond donors (Lipinski definition) is 3. The van der Waals surface area contributed by atoms with Crippen LogP contribution in [0.3, 0.4) is 0 Å². The molecule has 14 heteroatoms. The van der Waals surface area contributed by atoms with Gasteiger partial charge < -0.3 is 20.1 Å². The fourth-order valence-corrected chi connectivity index (χ4v) is 7.18. The number of hydrogen-bond acceptors (Lipinski definition) is 10. The van der Waals surface area contributed by atoms with Gasteiger partial charge in [0.1, 0.15) is 12.4 Å². The lowest BCUT2D eigenvalue weighted by molar-refractivity contribution is 0.0696. The van der Waals surface area contributed by atoms with Crippen molar-refractivity contribution in [1.82, 2.24) is 25.3 Å². The minimum absolute atomic E-state index is 0. The number of anilines is 2. The van der Waals surface area contributed by atoms with E-state index in [0.29, 0.717) is 23.5 Å². The van der Waals surface area contributed by atoms with E-state index in [9.17, 15) is 18.3 Å². The van der Waals surface area contributed by atoms with Gasteiger partial charge >= 0.3 is 5.97 Å². The highest BCUT2D eigenvalue weighted by molar-refractivity contribution is 7.92. The maximum Gasteiger partial charge on any atom is 0.335 e. The molecule has 0 saturated carbocycles. The molecule has 0 amide bonds. The lowest BCUT2D eigenvalue weighted by atomic mass is 9.82. The van der Waals surface area contributed by atoms with Crippen molar-refractivity contribution >= 4 is 40.0 Å². The molecule has 4 aromatic rings. The molecule has 0 radical (unpaired) electrons. The Morgan fingerprint density at radius 3 is 2.25 bits per heavy atom. The fraction of sp³-hybridized carbons (Fsp3) is 0.447. The highest BCUT2D eigenvalue weighted by Crippen LogP contribution is 2.32. The Morgan fingerprint density at radius 1 is 1.00 bits per heavy atom. The number of carboxylic acids is 1. The van der Waals surface area contributed by atoms with E-state index < -0.39 is 16.0 Å². The van der Waals surface area contributed by atoms with Gasteiger partial charge in [-0.3, -0.25) is 0 Å². The zero-order chi connectivity index (χ0) is 37.0. The average molecular weight is 752 g/mol. The summed E-state index contributed by atoms with van der Waals surface area (Å²) in [5.74, 6) is -0.569. The highest BCUT2D eigenvalue weighted by Gasteiger charge is 2.26. The molecule has 1 fully saturated rings. The number of piperidine rings is 1. The number of halogens is 1. The Hall–Kier alpha value is -4.33. The number of rotatable bonds is 13. The summed E-state index contributed by atoms with van der Waals surface area (Å²) in [6.45, 7) is 17.7. The minimum atomic E-state index is -4.24. The molecule has 1 aliphatic heterocycles. The Kier molecular flexibility index (Phi) is 12.9. The van der Waals surface area contributed by atoms with Gasteiger partial charge in [0.25, 0.3) is 10.0 Å². The Morgan fingerprint density at radius 2 is 1.63 bits per heavy atom. The molecular weight excluding hydrogens is 702 g/mol. The first kappa shape index (κ1) is 40.4. The maximum absolute atomic E-state index is 13.4. The van der Waals surface area contributed by atoms with Crippen LogP contribution in [0.5, 0.6) is 5.88 Å². The number of aromatic nitrogens is 4. The zero-order valence-electron chi connectivity index (χ0n) is 30.9. The van der Waals surface area contributed by atoms with Gasteiger partial charge in [0.15, 0.2) is 0 Å². The fourth-order valence-electron chi connectivity index (χ4n) is 6.19. The first-order valence-corrected chi connectivity index (χ1v) is 18.7. The Bertz CT molecular complexity index is 1940. The lowest BCUT2D eigenvalue weighted by Gasteiger charge is -2.37. The molecule has 1 saturated heterocycles. The van der Waals surface area contributed by atoms with E-state index in [1.54, 1.807) is 6.07 Å². The van der Waals surface area contributed by atoms with E-state index in [2.05, 4.69) is 69.5 Å². The first-order chi connectivity index (χ1) is 24.0. The largest absolute Gasteiger partial charge is 0.478 e. The van der Waals surface area contributed by atoms with Crippen molar-refractivity contribution < 1.29 is 23.1 Å². The van der Waals surface area contributed by atoms with E-state index in [4.69, 9.17) is 4.74 Å². The van der Waals surface area contributed by atoms with Crippen molar-refractivity contribution in [3.8, 4) is 17.1 Å². The summed E-state index contributed by atoms with van der Waals surface area (Å²) < 4.78 is 35.5. The molecule has 2 aromatic carbocycles. The molecule has 1 atom stereocenters. The van der Waals surface area contributed by atoms with Crippen LogP contribution in [0.15, 0.2) is 65.8 Å². The molecule has 3 heterocycles. The molecule has 0 spiro atoms. The number of carbonyl (C=O) groups is 1. The summed E-state index contributed by atoms with van der Waals surface area (Å²) >= 11 is 0. The van der Waals surface area contributed by atoms with Crippen molar-refractivity contribution in [3.63, 3.8) is 0 Å². The third kappa shape index (κ3) is 10.8. The topological polar surface area (TPSA) is 160 Å². The van der Waals surface area contributed by atoms with Crippen LogP contribution in [0.1, 0.15) is 81.2 Å². The van der Waals surface area contributed by atoms with E-state index in [1.165, 1.54) is 18.2 Å². The molecule has 0 unspecified atom stereocenters. The van der Waals surface area contributed by atoms with Crippen LogP contribution >= 0.6 is 12.4 Å². The molecule has 5 rings (SSSR count). The molecule has 280 valence electrons. The summed E-state index contributed by atoms with van der Waals surface area (Å²) in [5.41, 5.74) is 4.42. The van der Waals surface area contributed by atoms with Gasteiger partial charge in [-0.15, -0.1) is 12.4 Å². The van der Waals surface area contributed by atoms with Crippen LogP contribution in [0, 0.1) is 24.7 Å². The number of aromatic carboxylic acids is 1. The minimum Gasteiger partial charge on any atom is -0.478 e. The van der Waals surface area contributed by atoms with Gasteiger partial charge in [-0.05, 0) is 73.3 Å². The molecule has 2 aromatic heterocycles. The van der Waals surface area contributed by atoms with Crippen molar-refractivity contribution in [1.29, 1.82) is 0 Å². The van der Waals surface area contributed by atoms with E-state index >= 15 is 0 Å². The number of ether oxygens (including phenoxy) is 1. The number of aryl methyl sites for hydroxylation is 2. The van der Waals surface area contributed by atoms with Crippen LogP contribution < -0.4 is 19.7 Å². The number of benzene rings is 2. The van der Waals surface area contributed by atoms with E-state index in [0.717, 1.165) is 60.8 Å². The predicted octanol–water partition coefficient (Wildman–Crippen LogP) is 7.07. The molecule has 0 bridgehead atoms. The van der Waals surface area contributed by atoms with Crippen molar-refractivity contribution in [2.45, 2.75) is 85.2 Å². The number of sulfonamides is 1. The summed E-state index contributed by atoms with van der Waals surface area (Å²) in [7, 11) is -4.24. The number of nitrogens with one attached hydrogen (secondary N) is 2. The molecule has 52 heavy (non-hydrogen) atoms. The average Bonchev–Trinajstić information content (AvgIpc) is 3.05. The second-order valence-corrected chi connectivity index (χ2v) is 17.0. The highest BCUT2D eigenvalue weighted by atomic mass is 35.5. The monoisotopic (exact) mass is 751 g/mol. The molecule has 3 N–H and O–H groups in total. The second-order valence-electron chi connectivity index (χ2n) is 15.3.